The monoisotopic (exact) mass is 376 g/mol. The lowest BCUT2D eigenvalue weighted by Gasteiger charge is -2.33. The zero-order chi connectivity index (χ0) is 17.0. The molecule has 0 radical (unpaired) electrons. The number of nitrogens with zero attached hydrogens (tertiary/aromatic N) is 1. The maximum atomic E-state index is 12.2. The van der Waals surface area contributed by atoms with Crippen LogP contribution in [0.5, 0.6) is 0 Å². The summed E-state index contributed by atoms with van der Waals surface area (Å²) in [4.78, 5) is 14.5. The Labute approximate surface area is 149 Å². The molecule has 0 aromatic heterocycles. The van der Waals surface area contributed by atoms with Gasteiger partial charge in [0.15, 0.2) is 0 Å². The number of amides is 1. The fourth-order valence-electron chi connectivity index (χ4n) is 2.58. The van der Waals surface area contributed by atoms with Crippen molar-refractivity contribution < 1.29 is 13.2 Å². The summed E-state index contributed by atoms with van der Waals surface area (Å²) < 4.78 is 26.3. The van der Waals surface area contributed by atoms with E-state index in [1.54, 1.807) is 19.1 Å². The maximum absolute atomic E-state index is 12.2. The lowest BCUT2D eigenvalue weighted by Crippen LogP contribution is -2.51. The van der Waals surface area contributed by atoms with Gasteiger partial charge in [0.1, 0.15) is 0 Å². The number of piperazine rings is 1. The number of hydrogen-bond acceptors (Lipinski definition) is 5. The van der Waals surface area contributed by atoms with Crippen molar-refractivity contribution in [1.29, 1.82) is 0 Å². The van der Waals surface area contributed by atoms with Crippen molar-refractivity contribution in [3.8, 4) is 0 Å². The first kappa shape index (κ1) is 20.9. The van der Waals surface area contributed by atoms with Gasteiger partial charge in [-0.25, -0.2) is 13.1 Å². The summed E-state index contributed by atoms with van der Waals surface area (Å²) >= 11 is 0. The minimum absolute atomic E-state index is 0. The normalized spacial score (nSPS) is 18.7. The number of carbonyl (C=O) groups is 1. The molecule has 1 aromatic carbocycles. The van der Waals surface area contributed by atoms with Crippen LogP contribution in [0.4, 0.5) is 5.69 Å². The van der Waals surface area contributed by atoms with Crippen LogP contribution < -0.4 is 15.4 Å². The first-order valence-corrected chi connectivity index (χ1v) is 9.10. The van der Waals surface area contributed by atoms with Crippen molar-refractivity contribution in [2.45, 2.75) is 24.8 Å². The molecule has 136 valence electrons. The average molecular weight is 377 g/mol. The Hall–Kier alpha value is -1.19. The van der Waals surface area contributed by atoms with Gasteiger partial charge in [0.2, 0.25) is 15.9 Å². The van der Waals surface area contributed by atoms with Crippen LogP contribution in [0.25, 0.3) is 0 Å². The van der Waals surface area contributed by atoms with Gasteiger partial charge >= 0.3 is 0 Å². The number of hydrogen-bond donors (Lipinski definition) is 3. The Bertz CT molecular complexity index is 681. The third-order valence-electron chi connectivity index (χ3n) is 4.02. The van der Waals surface area contributed by atoms with E-state index in [0.717, 1.165) is 19.6 Å². The number of rotatable bonds is 5. The molecule has 1 heterocycles. The first-order chi connectivity index (χ1) is 10.8. The van der Waals surface area contributed by atoms with Crippen molar-refractivity contribution in [3.63, 3.8) is 0 Å². The number of halogens is 1. The standard InChI is InChI=1S/C15H24N4O3S.ClH/c1-11-4-5-13(8-14(11)23(21,22)16-3)18-15(20)10-19-7-6-17-9-12(19)2;/h4-5,8,12,16-17H,6-7,9-10H2,1-3H3,(H,18,20);1H/t12-;/m1./s1. The second kappa shape index (κ2) is 8.77. The van der Waals surface area contributed by atoms with Gasteiger partial charge < -0.3 is 10.6 Å². The van der Waals surface area contributed by atoms with Gasteiger partial charge in [0.25, 0.3) is 0 Å². The first-order valence-electron chi connectivity index (χ1n) is 7.62. The van der Waals surface area contributed by atoms with Crippen molar-refractivity contribution in [3.05, 3.63) is 23.8 Å². The van der Waals surface area contributed by atoms with E-state index in [1.165, 1.54) is 13.1 Å². The molecule has 0 saturated carbocycles. The molecule has 1 saturated heterocycles. The molecule has 9 heteroatoms. The van der Waals surface area contributed by atoms with E-state index >= 15 is 0 Å². The SMILES string of the molecule is CNS(=O)(=O)c1cc(NC(=O)CN2CCNC[C@H]2C)ccc1C.Cl. The van der Waals surface area contributed by atoms with E-state index in [2.05, 4.69) is 27.2 Å². The molecule has 7 nitrogen and oxygen atoms in total. The van der Waals surface area contributed by atoms with Gasteiger partial charge in [-0.15, -0.1) is 12.4 Å². The highest BCUT2D eigenvalue weighted by molar-refractivity contribution is 7.89. The second-order valence-corrected chi connectivity index (χ2v) is 7.61. The van der Waals surface area contributed by atoms with Gasteiger partial charge in [0, 0.05) is 31.4 Å². The van der Waals surface area contributed by atoms with E-state index in [1.807, 2.05) is 0 Å². The summed E-state index contributed by atoms with van der Waals surface area (Å²) in [5.41, 5.74) is 1.12. The molecule has 0 spiro atoms. The van der Waals surface area contributed by atoms with Gasteiger partial charge in [-0.3, -0.25) is 9.69 Å². The highest BCUT2D eigenvalue weighted by Crippen LogP contribution is 2.20. The Balaban J connectivity index is 0.00000288. The third-order valence-corrected chi connectivity index (χ3v) is 5.57. The van der Waals surface area contributed by atoms with Crippen LogP contribution in [-0.2, 0) is 14.8 Å². The summed E-state index contributed by atoms with van der Waals surface area (Å²) in [5, 5.41) is 6.06. The molecule has 1 fully saturated rings. The van der Waals surface area contributed by atoms with Gasteiger partial charge in [-0.2, -0.15) is 0 Å². The molecule has 1 aromatic rings. The fourth-order valence-corrected chi connectivity index (χ4v) is 3.57. The molecule has 0 aliphatic carbocycles. The summed E-state index contributed by atoms with van der Waals surface area (Å²) in [6, 6.07) is 5.18. The molecule has 2 rings (SSSR count). The van der Waals surface area contributed by atoms with Crippen LogP contribution in [0.3, 0.4) is 0 Å². The molecule has 24 heavy (non-hydrogen) atoms. The lowest BCUT2D eigenvalue weighted by atomic mass is 10.2. The zero-order valence-corrected chi connectivity index (χ0v) is 15.8. The average Bonchev–Trinajstić information content (AvgIpc) is 2.51. The Kier molecular flexibility index (Phi) is 7.62. The third kappa shape index (κ3) is 5.15. The Morgan fingerprint density at radius 2 is 2.12 bits per heavy atom. The lowest BCUT2D eigenvalue weighted by molar-refractivity contribution is -0.118. The number of nitrogens with one attached hydrogen (secondary N) is 3. The molecule has 1 amide bonds. The number of sulfonamides is 1. The number of carbonyl (C=O) groups excluding carboxylic acids is 1. The highest BCUT2D eigenvalue weighted by atomic mass is 35.5. The van der Waals surface area contributed by atoms with Crippen LogP contribution in [0.1, 0.15) is 12.5 Å². The predicted molar refractivity (Wildman–Crippen MR) is 97.2 cm³/mol. The molecule has 1 aliphatic heterocycles. The summed E-state index contributed by atoms with van der Waals surface area (Å²) in [6.07, 6.45) is 0. The van der Waals surface area contributed by atoms with Gasteiger partial charge in [-0.1, -0.05) is 6.07 Å². The summed E-state index contributed by atoms with van der Waals surface area (Å²) in [6.45, 7) is 6.64. The van der Waals surface area contributed by atoms with Crippen LogP contribution in [-0.4, -0.2) is 58.5 Å². The maximum Gasteiger partial charge on any atom is 0.240 e. The minimum atomic E-state index is -3.54. The molecule has 0 bridgehead atoms. The number of benzene rings is 1. The van der Waals surface area contributed by atoms with Crippen LogP contribution in [0, 0.1) is 6.92 Å². The topological polar surface area (TPSA) is 90.5 Å². The summed E-state index contributed by atoms with van der Waals surface area (Å²) in [7, 11) is -2.18. The largest absolute Gasteiger partial charge is 0.325 e. The number of anilines is 1. The van der Waals surface area contributed by atoms with E-state index < -0.39 is 10.0 Å². The van der Waals surface area contributed by atoms with Crippen LogP contribution in [0.15, 0.2) is 23.1 Å². The van der Waals surface area contributed by atoms with E-state index in [0.29, 0.717) is 23.8 Å². The molecular formula is C15H25ClN4O3S. The van der Waals surface area contributed by atoms with Crippen molar-refractivity contribution in [2.24, 2.45) is 0 Å². The van der Waals surface area contributed by atoms with Crippen LogP contribution >= 0.6 is 12.4 Å². The fraction of sp³-hybridized carbons (Fsp3) is 0.533. The highest BCUT2D eigenvalue weighted by Gasteiger charge is 2.21. The molecule has 1 atom stereocenters. The van der Waals surface area contributed by atoms with Crippen molar-refractivity contribution in [1.82, 2.24) is 14.9 Å². The van der Waals surface area contributed by atoms with Crippen LogP contribution in [0.2, 0.25) is 0 Å². The van der Waals surface area contributed by atoms with E-state index in [-0.39, 0.29) is 23.2 Å². The minimum Gasteiger partial charge on any atom is -0.325 e. The molecule has 3 N–H and O–H groups in total. The van der Waals surface area contributed by atoms with E-state index in [4.69, 9.17) is 0 Å². The Morgan fingerprint density at radius 1 is 1.42 bits per heavy atom. The quantitative estimate of drug-likeness (QED) is 0.698. The molecule has 1 aliphatic rings. The van der Waals surface area contributed by atoms with Crippen molar-refractivity contribution >= 4 is 34.0 Å². The molecular weight excluding hydrogens is 352 g/mol. The zero-order valence-electron chi connectivity index (χ0n) is 14.1. The molecule has 0 unspecified atom stereocenters. The van der Waals surface area contributed by atoms with E-state index in [9.17, 15) is 13.2 Å². The number of aryl methyl sites for hydroxylation is 1. The predicted octanol–water partition coefficient (Wildman–Crippen LogP) is 0.557. The summed E-state index contributed by atoms with van der Waals surface area (Å²) in [5.74, 6) is -0.143. The Morgan fingerprint density at radius 3 is 2.75 bits per heavy atom. The van der Waals surface area contributed by atoms with Crippen molar-refractivity contribution in [2.75, 3.05) is 38.5 Å². The van der Waals surface area contributed by atoms with Gasteiger partial charge in [0.05, 0.1) is 11.4 Å². The smallest absolute Gasteiger partial charge is 0.240 e. The second-order valence-electron chi connectivity index (χ2n) is 5.76. The van der Waals surface area contributed by atoms with Gasteiger partial charge in [-0.05, 0) is 38.6 Å².